The second kappa shape index (κ2) is 6.01. The van der Waals surface area contributed by atoms with Gasteiger partial charge in [-0.1, -0.05) is 31.2 Å². The van der Waals surface area contributed by atoms with Gasteiger partial charge in [-0.25, -0.2) is 4.39 Å². The van der Waals surface area contributed by atoms with Crippen molar-refractivity contribution in [3.8, 4) is 0 Å². The van der Waals surface area contributed by atoms with Crippen LogP contribution in [0, 0.1) is 5.82 Å². The van der Waals surface area contributed by atoms with Crippen LogP contribution in [0.2, 0.25) is 0 Å². The summed E-state index contributed by atoms with van der Waals surface area (Å²) in [6.07, 6.45) is 0.894. The number of anilines is 1. The molecule has 18 heavy (non-hydrogen) atoms. The lowest BCUT2D eigenvalue weighted by molar-refractivity contribution is 0.621. The van der Waals surface area contributed by atoms with Crippen LogP contribution in [-0.4, -0.2) is 0 Å². The zero-order chi connectivity index (χ0) is 13.0. The molecule has 3 heteroatoms. The minimum atomic E-state index is -0.195. The Kier molecular flexibility index (Phi) is 4.37. The Morgan fingerprint density at radius 2 is 1.94 bits per heavy atom. The lowest BCUT2D eigenvalue weighted by Gasteiger charge is -2.19. The number of benzene rings is 2. The molecule has 0 aliphatic heterocycles. The van der Waals surface area contributed by atoms with E-state index in [4.69, 9.17) is 0 Å². The third-order valence-electron chi connectivity index (χ3n) is 2.86. The van der Waals surface area contributed by atoms with E-state index in [-0.39, 0.29) is 11.9 Å². The highest BCUT2D eigenvalue weighted by molar-refractivity contribution is 9.10. The van der Waals surface area contributed by atoms with Crippen molar-refractivity contribution in [3.63, 3.8) is 0 Å². The minimum absolute atomic E-state index is 0.111. The van der Waals surface area contributed by atoms with Crippen LogP contribution in [0.15, 0.2) is 53.0 Å². The fourth-order valence-corrected chi connectivity index (χ4v) is 2.31. The molecule has 0 aliphatic carbocycles. The third kappa shape index (κ3) is 3.10. The molecule has 0 radical (unpaired) electrons. The van der Waals surface area contributed by atoms with Gasteiger partial charge in [-0.2, -0.15) is 0 Å². The van der Waals surface area contributed by atoms with Crippen molar-refractivity contribution in [2.24, 2.45) is 0 Å². The zero-order valence-corrected chi connectivity index (χ0v) is 11.7. The van der Waals surface area contributed by atoms with Gasteiger partial charge in [0.25, 0.3) is 0 Å². The molecule has 1 unspecified atom stereocenters. The summed E-state index contributed by atoms with van der Waals surface area (Å²) in [5, 5.41) is 3.43. The van der Waals surface area contributed by atoms with E-state index in [1.807, 2.05) is 30.3 Å². The Morgan fingerprint density at radius 3 is 2.61 bits per heavy atom. The van der Waals surface area contributed by atoms with Gasteiger partial charge in [0, 0.05) is 10.2 Å². The molecule has 0 saturated heterocycles. The molecule has 0 aromatic heterocycles. The molecule has 0 saturated carbocycles. The Balaban J connectivity index is 2.23. The third-order valence-corrected chi connectivity index (χ3v) is 3.55. The summed E-state index contributed by atoms with van der Waals surface area (Å²) in [6, 6.07) is 14.8. The number of nitrogens with one attached hydrogen (secondary N) is 1. The number of hydrogen-bond acceptors (Lipinski definition) is 1. The number of hydrogen-bond donors (Lipinski definition) is 1. The molecule has 2 rings (SSSR count). The summed E-state index contributed by atoms with van der Waals surface area (Å²) >= 11 is 3.50. The van der Waals surface area contributed by atoms with E-state index < -0.39 is 0 Å². The van der Waals surface area contributed by atoms with E-state index in [2.05, 4.69) is 28.2 Å². The summed E-state index contributed by atoms with van der Waals surface area (Å²) in [4.78, 5) is 0. The lowest BCUT2D eigenvalue weighted by atomic mass is 10.0. The smallest absolute Gasteiger partial charge is 0.123 e. The molecule has 2 aromatic carbocycles. The summed E-state index contributed by atoms with van der Waals surface area (Å²) in [6.45, 7) is 2.08. The highest BCUT2D eigenvalue weighted by Crippen LogP contribution is 2.28. The molecule has 0 heterocycles. The molecule has 0 fully saturated rings. The summed E-state index contributed by atoms with van der Waals surface area (Å²) in [5.41, 5.74) is 1.99. The standard InChI is InChI=1S/C15H15BrFN/c1-2-14(11-6-5-7-12(17)10-11)18-15-9-4-3-8-13(15)16/h3-10,14,18H,2H2,1H3. The number of para-hydroxylation sites is 1. The lowest BCUT2D eigenvalue weighted by Crippen LogP contribution is -2.10. The van der Waals surface area contributed by atoms with Gasteiger partial charge in [0.2, 0.25) is 0 Å². The molecular formula is C15H15BrFN. The molecule has 0 bridgehead atoms. The maximum absolute atomic E-state index is 13.2. The highest BCUT2D eigenvalue weighted by Gasteiger charge is 2.10. The largest absolute Gasteiger partial charge is 0.377 e. The van der Waals surface area contributed by atoms with Crippen molar-refractivity contribution >= 4 is 21.6 Å². The van der Waals surface area contributed by atoms with Gasteiger partial charge in [-0.15, -0.1) is 0 Å². The molecule has 1 N–H and O–H groups in total. The van der Waals surface area contributed by atoms with Crippen molar-refractivity contribution in [2.75, 3.05) is 5.32 Å². The maximum Gasteiger partial charge on any atom is 0.123 e. The van der Waals surface area contributed by atoms with Crippen LogP contribution < -0.4 is 5.32 Å². The Hall–Kier alpha value is -1.35. The van der Waals surface area contributed by atoms with E-state index in [1.54, 1.807) is 12.1 Å². The quantitative estimate of drug-likeness (QED) is 0.823. The molecule has 0 spiro atoms. The Labute approximate surface area is 115 Å². The molecule has 2 aromatic rings. The van der Waals surface area contributed by atoms with Crippen molar-refractivity contribution in [3.05, 3.63) is 64.4 Å². The van der Waals surface area contributed by atoms with Crippen molar-refractivity contribution in [2.45, 2.75) is 19.4 Å². The highest BCUT2D eigenvalue weighted by atomic mass is 79.9. The first-order valence-electron chi connectivity index (χ1n) is 5.97. The number of rotatable bonds is 4. The van der Waals surface area contributed by atoms with Gasteiger partial charge in [0.05, 0.1) is 6.04 Å². The van der Waals surface area contributed by atoms with Crippen LogP contribution in [0.5, 0.6) is 0 Å². The SMILES string of the molecule is CCC(Nc1ccccc1Br)c1cccc(F)c1. The predicted molar refractivity (Wildman–Crippen MR) is 77.2 cm³/mol. The Bertz CT molecular complexity index is 527. The van der Waals surface area contributed by atoms with E-state index in [0.29, 0.717) is 0 Å². The summed E-state index contributed by atoms with van der Waals surface area (Å²) in [7, 11) is 0. The zero-order valence-electron chi connectivity index (χ0n) is 10.2. The fraction of sp³-hybridized carbons (Fsp3) is 0.200. The normalized spacial score (nSPS) is 12.2. The first kappa shape index (κ1) is 13.1. The van der Waals surface area contributed by atoms with Crippen LogP contribution in [0.1, 0.15) is 24.9 Å². The summed E-state index contributed by atoms with van der Waals surface area (Å²) < 4.78 is 14.3. The summed E-state index contributed by atoms with van der Waals surface area (Å²) in [5.74, 6) is -0.195. The molecule has 0 aliphatic rings. The van der Waals surface area contributed by atoms with Crippen LogP contribution >= 0.6 is 15.9 Å². The topological polar surface area (TPSA) is 12.0 Å². The fourth-order valence-electron chi connectivity index (χ4n) is 1.91. The van der Waals surface area contributed by atoms with Crippen LogP contribution in [-0.2, 0) is 0 Å². The van der Waals surface area contributed by atoms with E-state index in [9.17, 15) is 4.39 Å². The van der Waals surface area contributed by atoms with E-state index in [0.717, 1.165) is 22.1 Å². The monoisotopic (exact) mass is 307 g/mol. The van der Waals surface area contributed by atoms with Crippen molar-refractivity contribution in [1.82, 2.24) is 0 Å². The number of halogens is 2. The van der Waals surface area contributed by atoms with Gasteiger partial charge in [0.15, 0.2) is 0 Å². The van der Waals surface area contributed by atoms with Gasteiger partial charge in [-0.05, 0) is 52.2 Å². The van der Waals surface area contributed by atoms with Crippen LogP contribution in [0.25, 0.3) is 0 Å². The van der Waals surface area contributed by atoms with Gasteiger partial charge < -0.3 is 5.32 Å². The van der Waals surface area contributed by atoms with Gasteiger partial charge >= 0.3 is 0 Å². The van der Waals surface area contributed by atoms with E-state index >= 15 is 0 Å². The molecular weight excluding hydrogens is 293 g/mol. The first-order valence-corrected chi connectivity index (χ1v) is 6.76. The Morgan fingerprint density at radius 1 is 1.17 bits per heavy atom. The van der Waals surface area contributed by atoms with Crippen molar-refractivity contribution in [1.29, 1.82) is 0 Å². The first-order chi connectivity index (χ1) is 8.70. The van der Waals surface area contributed by atoms with Crippen molar-refractivity contribution < 1.29 is 4.39 Å². The predicted octanol–water partition coefficient (Wildman–Crippen LogP) is 5.15. The van der Waals surface area contributed by atoms with E-state index in [1.165, 1.54) is 6.07 Å². The molecule has 1 atom stereocenters. The molecule has 94 valence electrons. The molecule has 1 nitrogen and oxygen atoms in total. The minimum Gasteiger partial charge on any atom is -0.377 e. The second-order valence-electron chi connectivity index (χ2n) is 4.14. The average Bonchev–Trinajstić information content (AvgIpc) is 2.38. The maximum atomic E-state index is 13.2. The average molecular weight is 308 g/mol. The van der Waals surface area contributed by atoms with Crippen LogP contribution in [0.4, 0.5) is 10.1 Å². The molecule has 0 amide bonds. The van der Waals surface area contributed by atoms with Gasteiger partial charge in [-0.3, -0.25) is 0 Å². The second-order valence-corrected chi connectivity index (χ2v) is 4.99. The van der Waals surface area contributed by atoms with Crippen LogP contribution in [0.3, 0.4) is 0 Å². The van der Waals surface area contributed by atoms with Gasteiger partial charge in [0.1, 0.15) is 5.82 Å².